The zero-order chi connectivity index (χ0) is 18.4. The molecular formula is C19H28ClN3O2. The maximum atomic E-state index is 12.3. The Labute approximate surface area is 155 Å². The maximum Gasteiger partial charge on any atom is 0.225 e. The SMILES string of the molecule is CC(C)(C)C(=O)NCCC(=O)N1CCN(Cc2cccc(Cl)c2)CC1. The van der Waals surface area contributed by atoms with E-state index in [9.17, 15) is 9.59 Å². The van der Waals surface area contributed by atoms with Crippen LogP contribution in [0.4, 0.5) is 0 Å². The van der Waals surface area contributed by atoms with Gasteiger partial charge in [0.15, 0.2) is 0 Å². The van der Waals surface area contributed by atoms with Gasteiger partial charge in [0, 0.05) is 56.1 Å². The van der Waals surface area contributed by atoms with E-state index in [-0.39, 0.29) is 11.8 Å². The fourth-order valence-corrected chi connectivity index (χ4v) is 2.97. The number of carbonyl (C=O) groups is 2. The number of hydrogen-bond donors (Lipinski definition) is 1. The van der Waals surface area contributed by atoms with Crippen molar-refractivity contribution in [2.24, 2.45) is 5.41 Å². The average Bonchev–Trinajstić information content (AvgIpc) is 2.54. The number of amides is 2. The Bertz CT molecular complexity index is 605. The Hall–Kier alpha value is -1.59. The molecule has 1 aromatic rings. The Balaban J connectivity index is 1.70. The summed E-state index contributed by atoms with van der Waals surface area (Å²) < 4.78 is 0. The quantitative estimate of drug-likeness (QED) is 0.872. The maximum absolute atomic E-state index is 12.3. The van der Waals surface area contributed by atoms with Gasteiger partial charge in [-0.05, 0) is 17.7 Å². The molecule has 1 aliphatic heterocycles. The number of halogens is 1. The van der Waals surface area contributed by atoms with Crippen molar-refractivity contribution in [2.75, 3.05) is 32.7 Å². The summed E-state index contributed by atoms with van der Waals surface area (Å²) in [6.07, 6.45) is 0.357. The molecule has 0 aromatic heterocycles. The van der Waals surface area contributed by atoms with Crippen LogP contribution in [0.15, 0.2) is 24.3 Å². The lowest BCUT2D eigenvalue weighted by Crippen LogP contribution is -2.49. The minimum Gasteiger partial charge on any atom is -0.355 e. The molecule has 6 heteroatoms. The zero-order valence-corrected chi connectivity index (χ0v) is 16.1. The molecule has 2 amide bonds. The third-order valence-corrected chi connectivity index (χ3v) is 4.56. The van der Waals surface area contributed by atoms with Crippen LogP contribution < -0.4 is 5.32 Å². The second kappa shape index (κ2) is 8.68. The summed E-state index contributed by atoms with van der Waals surface area (Å²) in [5, 5.41) is 3.58. The Morgan fingerprint density at radius 3 is 2.44 bits per heavy atom. The van der Waals surface area contributed by atoms with Gasteiger partial charge in [-0.25, -0.2) is 0 Å². The first-order chi connectivity index (χ1) is 11.8. The largest absolute Gasteiger partial charge is 0.355 e. The number of hydrogen-bond acceptors (Lipinski definition) is 3. The Morgan fingerprint density at radius 2 is 1.84 bits per heavy atom. The molecule has 0 saturated carbocycles. The molecule has 0 atom stereocenters. The number of nitrogens with one attached hydrogen (secondary N) is 1. The van der Waals surface area contributed by atoms with Crippen LogP contribution in [0.2, 0.25) is 5.02 Å². The summed E-state index contributed by atoms with van der Waals surface area (Å²) in [4.78, 5) is 28.3. The van der Waals surface area contributed by atoms with Gasteiger partial charge in [-0.2, -0.15) is 0 Å². The lowest BCUT2D eigenvalue weighted by Gasteiger charge is -2.35. The highest BCUT2D eigenvalue weighted by molar-refractivity contribution is 6.30. The van der Waals surface area contributed by atoms with Gasteiger partial charge in [-0.3, -0.25) is 14.5 Å². The second-order valence-corrected chi connectivity index (χ2v) is 7.98. The van der Waals surface area contributed by atoms with Crippen LogP contribution in [0.1, 0.15) is 32.8 Å². The molecule has 0 spiro atoms. The van der Waals surface area contributed by atoms with Crippen molar-refractivity contribution in [3.8, 4) is 0 Å². The summed E-state index contributed by atoms with van der Waals surface area (Å²) in [5.74, 6) is 0.0863. The van der Waals surface area contributed by atoms with E-state index in [2.05, 4.69) is 16.3 Å². The summed E-state index contributed by atoms with van der Waals surface area (Å²) in [6.45, 7) is 10.0. The molecule has 1 heterocycles. The molecule has 0 aliphatic carbocycles. The topological polar surface area (TPSA) is 52.7 Å². The Morgan fingerprint density at radius 1 is 1.16 bits per heavy atom. The molecule has 2 rings (SSSR count). The molecule has 1 fully saturated rings. The first-order valence-corrected chi connectivity index (χ1v) is 9.16. The lowest BCUT2D eigenvalue weighted by atomic mass is 9.96. The van der Waals surface area contributed by atoms with E-state index < -0.39 is 5.41 Å². The highest BCUT2D eigenvalue weighted by Crippen LogP contribution is 2.14. The van der Waals surface area contributed by atoms with Crippen molar-refractivity contribution in [1.82, 2.24) is 15.1 Å². The van der Waals surface area contributed by atoms with Gasteiger partial charge >= 0.3 is 0 Å². The van der Waals surface area contributed by atoms with Gasteiger partial charge in [-0.15, -0.1) is 0 Å². The van der Waals surface area contributed by atoms with Gasteiger partial charge in [0.1, 0.15) is 0 Å². The van der Waals surface area contributed by atoms with Gasteiger partial charge in [0.05, 0.1) is 0 Å². The highest BCUT2D eigenvalue weighted by atomic mass is 35.5. The van der Waals surface area contributed by atoms with Crippen molar-refractivity contribution >= 4 is 23.4 Å². The predicted octanol–water partition coefficient (Wildman–Crippen LogP) is 2.54. The molecule has 5 nitrogen and oxygen atoms in total. The lowest BCUT2D eigenvalue weighted by molar-refractivity contribution is -0.133. The summed E-state index contributed by atoms with van der Waals surface area (Å²) in [5.41, 5.74) is 0.770. The molecule has 138 valence electrons. The number of rotatable bonds is 5. The van der Waals surface area contributed by atoms with E-state index >= 15 is 0 Å². The molecule has 1 aliphatic rings. The van der Waals surface area contributed by atoms with E-state index in [4.69, 9.17) is 11.6 Å². The van der Waals surface area contributed by atoms with Gasteiger partial charge in [-0.1, -0.05) is 44.5 Å². The minimum absolute atomic E-state index is 0.0216. The number of piperazine rings is 1. The summed E-state index contributed by atoms with van der Waals surface area (Å²) in [6, 6.07) is 7.89. The minimum atomic E-state index is -0.422. The van der Waals surface area contributed by atoms with Crippen LogP contribution in [0, 0.1) is 5.41 Å². The van der Waals surface area contributed by atoms with Crippen molar-refractivity contribution in [2.45, 2.75) is 33.7 Å². The summed E-state index contributed by atoms with van der Waals surface area (Å²) >= 11 is 6.02. The average molecular weight is 366 g/mol. The van der Waals surface area contributed by atoms with Gasteiger partial charge < -0.3 is 10.2 Å². The van der Waals surface area contributed by atoms with Gasteiger partial charge in [0.25, 0.3) is 0 Å². The number of benzene rings is 1. The third kappa shape index (κ3) is 6.33. The molecule has 1 aromatic carbocycles. The normalized spacial score (nSPS) is 15.9. The third-order valence-electron chi connectivity index (χ3n) is 4.33. The highest BCUT2D eigenvalue weighted by Gasteiger charge is 2.23. The van der Waals surface area contributed by atoms with Crippen LogP contribution in [-0.2, 0) is 16.1 Å². The molecule has 1 N–H and O–H groups in total. The monoisotopic (exact) mass is 365 g/mol. The molecule has 1 saturated heterocycles. The van der Waals surface area contributed by atoms with Crippen LogP contribution in [-0.4, -0.2) is 54.3 Å². The molecule has 0 unspecified atom stereocenters. The fraction of sp³-hybridized carbons (Fsp3) is 0.579. The van der Waals surface area contributed by atoms with E-state index in [1.807, 2.05) is 43.9 Å². The van der Waals surface area contributed by atoms with E-state index in [1.165, 1.54) is 5.56 Å². The van der Waals surface area contributed by atoms with Crippen molar-refractivity contribution < 1.29 is 9.59 Å². The van der Waals surface area contributed by atoms with Crippen molar-refractivity contribution in [1.29, 1.82) is 0 Å². The molecule has 25 heavy (non-hydrogen) atoms. The molecule has 0 bridgehead atoms. The fourth-order valence-electron chi connectivity index (χ4n) is 2.76. The number of nitrogens with zero attached hydrogens (tertiary/aromatic N) is 2. The number of carbonyl (C=O) groups excluding carboxylic acids is 2. The van der Waals surface area contributed by atoms with Crippen LogP contribution in [0.5, 0.6) is 0 Å². The molecule has 0 radical (unpaired) electrons. The van der Waals surface area contributed by atoms with Crippen LogP contribution >= 0.6 is 11.6 Å². The first-order valence-electron chi connectivity index (χ1n) is 8.78. The smallest absolute Gasteiger partial charge is 0.225 e. The standard InChI is InChI=1S/C19H28ClN3O2/c1-19(2,3)18(25)21-8-7-17(24)23-11-9-22(10-12-23)14-15-5-4-6-16(20)13-15/h4-6,13H,7-12,14H2,1-3H3,(H,21,25). The summed E-state index contributed by atoms with van der Waals surface area (Å²) in [7, 11) is 0. The van der Waals surface area contributed by atoms with Crippen LogP contribution in [0.3, 0.4) is 0 Å². The van der Waals surface area contributed by atoms with Crippen molar-refractivity contribution in [3.63, 3.8) is 0 Å². The first kappa shape index (κ1) is 19.7. The predicted molar refractivity (Wildman–Crippen MR) is 100 cm³/mol. The van der Waals surface area contributed by atoms with Crippen molar-refractivity contribution in [3.05, 3.63) is 34.9 Å². The molecular weight excluding hydrogens is 338 g/mol. The van der Waals surface area contributed by atoms with Gasteiger partial charge in [0.2, 0.25) is 11.8 Å². The van der Waals surface area contributed by atoms with E-state index in [0.29, 0.717) is 13.0 Å². The van der Waals surface area contributed by atoms with Crippen LogP contribution in [0.25, 0.3) is 0 Å². The Kier molecular flexibility index (Phi) is 6.85. The van der Waals surface area contributed by atoms with E-state index in [1.54, 1.807) is 0 Å². The second-order valence-electron chi connectivity index (χ2n) is 7.54. The zero-order valence-electron chi connectivity index (χ0n) is 15.3. The van der Waals surface area contributed by atoms with E-state index in [0.717, 1.165) is 37.7 Å².